The largest absolute Gasteiger partial charge is 0.506 e. The van der Waals surface area contributed by atoms with Crippen LogP contribution in [0.4, 0.5) is 11.4 Å². The number of nitrogens with one attached hydrogen (secondary N) is 4. The zero-order valence-electron chi connectivity index (χ0n) is 38.0. The summed E-state index contributed by atoms with van der Waals surface area (Å²) in [5.41, 5.74) is 7.53. The summed E-state index contributed by atoms with van der Waals surface area (Å²) in [7, 11) is 0. The van der Waals surface area contributed by atoms with Gasteiger partial charge in [0.2, 0.25) is 0 Å². The SMILES string of the molecule is O=C(NCCc1ccccc1)c1ccc2c(-c3c(O)c(C(=O)Nc4cccc5ccccc45)cc4cc(CONCCc5ccccc5)ccc34)c(O)c(C(=O)Nc3cccc4ccccc34)cc2c1. The summed E-state index contributed by atoms with van der Waals surface area (Å²) in [4.78, 5) is 48.9. The zero-order valence-corrected chi connectivity index (χ0v) is 38.0. The number of fused-ring (bicyclic) bond motifs is 4. The van der Waals surface area contributed by atoms with E-state index in [2.05, 4.69) is 33.6 Å². The van der Waals surface area contributed by atoms with Crippen LogP contribution in [0.3, 0.4) is 0 Å². The van der Waals surface area contributed by atoms with Gasteiger partial charge in [-0.25, -0.2) is 5.48 Å². The summed E-state index contributed by atoms with van der Waals surface area (Å²) in [5.74, 6) is -2.38. The number of hydroxylamine groups is 1. The molecular formula is C60H48N4O6. The van der Waals surface area contributed by atoms with E-state index in [1.807, 2.05) is 140 Å². The van der Waals surface area contributed by atoms with Gasteiger partial charge in [-0.15, -0.1) is 0 Å². The molecule has 70 heavy (non-hydrogen) atoms. The molecule has 10 aromatic carbocycles. The van der Waals surface area contributed by atoms with E-state index < -0.39 is 23.3 Å². The molecule has 0 aliphatic carbocycles. The molecule has 10 nitrogen and oxygen atoms in total. The van der Waals surface area contributed by atoms with Crippen molar-refractivity contribution >= 4 is 72.2 Å². The Balaban J connectivity index is 1.09. The van der Waals surface area contributed by atoms with Crippen molar-refractivity contribution in [2.75, 3.05) is 23.7 Å². The highest BCUT2D eigenvalue weighted by molar-refractivity contribution is 6.21. The first-order valence-electron chi connectivity index (χ1n) is 23.2. The minimum atomic E-state index is -0.623. The molecule has 0 aliphatic rings. The van der Waals surface area contributed by atoms with E-state index in [-0.39, 0.29) is 34.8 Å². The van der Waals surface area contributed by atoms with Crippen molar-refractivity contribution in [3.63, 3.8) is 0 Å². The Morgan fingerprint density at radius 3 is 1.47 bits per heavy atom. The molecule has 0 bridgehead atoms. The first-order valence-corrected chi connectivity index (χ1v) is 23.2. The fraction of sp³-hybridized carbons (Fsp3) is 0.0833. The van der Waals surface area contributed by atoms with E-state index in [0.717, 1.165) is 39.1 Å². The summed E-state index contributed by atoms with van der Waals surface area (Å²) in [5, 5.41) is 39.6. The molecule has 0 aliphatic heterocycles. The van der Waals surface area contributed by atoms with Gasteiger partial charge in [0.05, 0.1) is 17.7 Å². The molecule has 0 saturated heterocycles. The molecule has 0 radical (unpaired) electrons. The third-order valence-corrected chi connectivity index (χ3v) is 12.6. The van der Waals surface area contributed by atoms with Gasteiger partial charge in [0.15, 0.2) is 0 Å². The van der Waals surface area contributed by atoms with Gasteiger partial charge in [0.1, 0.15) is 11.5 Å². The van der Waals surface area contributed by atoms with Crippen LogP contribution >= 0.6 is 0 Å². The van der Waals surface area contributed by atoms with Crippen LogP contribution in [0.2, 0.25) is 0 Å². The number of phenolic OH excluding ortho intramolecular Hbond substituents is 2. The normalized spacial score (nSPS) is 11.3. The number of aromatic hydroxyl groups is 2. The molecule has 3 amide bonds. The van der Waals surface area contributed by atoms with Crippen molar-refractivity contribution in [2.24, 2.45) is 0 Å². The van der Waals surface area contributed by atoms with E-state index in [1.165, 1.54) is 5.56 Å². The van der Waals surface area contributed by atoms with Gasteiger partial charge in [-0.2, -0.15) is 0 Å². The Hall–Kier alpha value is -8.83. The predicted octanol–water partition coefficient (Wildman–Crippen LogP) is 12.1. The number of phenols is 2. The smallest absolute Gasteiger partial charge is 0.259 e. The molecule has 0 atom stereocenters. The van der Waals surface area contributed by atoms with Crippen LogP contribution in [0.1, 0.15) is 47.8 Å². The van der Waals surface area contributed by atoms with Crippen molar-refractivity contribution in [1.82, 2.24) is 10.8 Å². The third-order valence-electron chi connectivity index (χ3n) is 12.6. The van der Waals surface area contributed by atoms with Gasteiger partial charge in [0.25, 0.3) is 17.7 Å². The van der Waals surface area contributed by atoms with Gasteiger partial charge in [0, 0.05) is 51.9 Å². The van der Waals surface area contributed by atoms with E-state index in [1.54, 1.807) is 42.5 Å². The van der Waals surface area contributed by atoms with Gasteiger partial charge in [-0.3, -0.25) is 19.2 Å². The molecule has 10 heteroatoms. The van der Waals surface area contributed by atoms with Crippen LogP contribution in [-0.2, 0) is 24.3 Å². The maximum absolute atomic E-state index is 14.6. The molecule has 6 N–H and O–H groups in total. The highest BCUT2D eigenvalue weighted by atomic mass is 16.6. The monoisotopic (exact) mass is 920 g/mol. The molecule has 0 saturated carbocycles. The van der Waals surface area contributed by atoms with Gasteiger partial charge >= 0.3 is 0 Å². The molecular weight excluding hydrogens is 873 g/mol. The number of anilines is 2. The first kappa shape index (κ1) is 45.0. The number of carbonyl (C=O) groups excluding carboxylic acids is 3. The number of hydrogen-bond acceptors (Lipinski definition) is 7. The Labute approximate surface area is 404 Å². The molecule has 0 unspecified atom stereocenters. The van der Waals surface area contributed by atoms with Crippen molar-refractivity contribution in [3.05, 3.63) is 228 Å². The fourth-order valence-electron chi connectivity index (χ4n) is 9.09. The van der Waals surface area contributed by atoms with E-state index in [0.29, 0.717) is 58.0 Å². The predicted molar refractivity (Wildman–Crippen MR) is 279 cm³/mol. The Bertz CT molecular complexity index is 3590. The lowest BCUT2D eigenvalue weighted by molar-refractivity contribution is 0.0289. The Kier molecular flexibility index (Phi) is 13.0. The topological polar surface area (TPSA) is 149 Å². The standard InChI is InChI=1S/C60H48N4O6/c65-56-50(59(68)63-52-23-11-19-41-17-7-9-21-46(41)52)35-44-33-40(37-70-62-32-30-39-15-5-2-6-16-39)25-27-48(44)54(56)55-49-28-26-43(58(67)61-31-29-38-13-3-1-4-14-38)34-45(49)36-51(57(55)66)60(69)64-53-24-12-20-42-18-8-10-22-47(42)53/h1-28,33-36,62,65-66H,29-32,37H2,(H,61,67)(H,63,68)(H,64,69). The lowest BCUT2D eigenvalue weighted by atomic mass is 9.87. The fourth-order valence-corrected chi connectivity index (χ4v) is 9.09. The summed E-state index contributed by atoms with van der Waals surface area (Å²) in [6, 6.07) is 60.2. The molecule has 0 heterocycles. The molecule has 0 spiro atoms. The van der Waals surface area contributed by atoms with E-state index in [9.17, 15) is 24.6 Å². The van der Waals surface area contributed by atoms with Gasteiger partial charge in [-0.05, 0) is 104 Å². The lowest BCUT2D eigenvalue weighted by Crippen LogP contribution is -2.25. The molecule has 10 aromatic rings. The van der Waals surface area contributed by atoms with Crippen molar-refractivity contribution in [3.8, 4) is 22.6 Å². The van der Waals surface area contributed by atoms with E-state index >= 15 is 0 Å². The average Bonchev–Trinajstić information content (AvgIpc) is 3.39. The van der Waals surface area contributed by atoms with Crippen molar-refractivity contribution in [2.45, 2.75) is 19.4 Å². The third kappa shape index (κ3) is 9.50. The van der Waals surface area contributed by atoms with Gasteiger partial charge in [-0.1, -0.05) is 152 Å². The highest BCUT2D eigenvalue weighted by Crippen LogP contribution is 2.48. The van der Waals surface area contributed by atoms with Crippen LogP contribution in [0.25, 0.3) is 54.2 Å². The van der Waals surface area contributed by atoms with Crippen LogP contribution in [0, 0.1) is 0 Å². The van der Waals surface area contributed by atoms with Crippen molar-refractivity contribution < 1.29 is 29.4 Å². The number of carbonyl (C=O) groups is 3. The second-order valence-electron chi connectivity index (χ2n) is 17.2. The summed E-state index contributed by atoms with van der Waals surface area (Å²) < 4.78 is 0. The summed E-state index contributed by atoms with van der Waals surface area (Å²) >= 11 is 0. The number of benzene rings is 10. The maximum atomic E-state index is 14.6. The zero-order chi connectivity index (χ0) is 48.0. The minimum absolute atomic E-state index is 0.0675. The van der Waals surface area contributed by atoms with Crippen LogP contribution in [-0.4, -0.2) is 41.0 Å². The number of amides is 3. The van der Waals surface area contributed by atoms with Crippen LogP contribution < -0.4 is 21.4 Å². The first-order chi connectivity index (χ1) is 34.3. The number of hydrogen-bond donors (Lipinski definition) is 6. The Morgan fingerprint density at radius 1 is 0.414 bits per heavy atom. The second-order valence-corrected chi connectivity index (χ2v) is 17.2. The van der Waals surface area contributed by atoms with Crippen LogP contribution in [0.5, 0.6) is 11.5 Å². The summed E-state index contributed by atoms with van der Waals surface area (Å²) in [6.45, 7) is 1.17. The lowest BCUT2D eigenvalue weighted by Gasteiger charge is -2.20. The van der Waals surface area contributed by atoms with E-state index in [4.69, 9.17) is 4.84 Å². The minimum Gasteiger partial charge on any atom is -0.506 e. The van der Waals surface area contributed by atoms with Crippen molar-refractivity contribution in [1.29, 1.82) is 0 Å². The molecule has 0 fully saturated rings. The quantitative estimate of drug-likeness (QED) is 0.0443. The number of rotatable bonds is 15. The molecule has 344 valence electrons. The highest BCUT2D eigenvalue weighted by Gasteiger charge is 2.27. The second kappa shape index (κ2) is 20.2. The molecule has 0 aromatic heterocycles. The van der Waals surface area contributed by atoms with Crippen LogP contribution in [0.15, 0.2) is 194 Å². The molecule has 10 rings (SSSR count). The van der Waals surface area contributed by atoms with Gasteiger partial charge < -0.3 is 26.2 Å². The Morgan fingerprint density at radius 2 is 0.900 bits per heavy atom. The summed E-state index contributed by atoms with van der Waals surface area (Å²) in [6.07, 6.45) is 1.40. The maximum Gasteiger partial charge on any atom is 0.259 e. The average molecular weight is 921 g/mol.